The maximum atomic E-state index is 12.7. The van der Waals surface area contributed by atoms with Crippen molar-refractivity contribution in [3.05, 3.63) is 66.2 Å². The summed E-state index contributed by atoms with van der Waals surface area (Å²) in [7, 11) is 0. The summed E-state index contributed by atoms with van der Waals surface area (Å²) < 4.78 is 44.9. The summed E-state index contributed by atoms with van der Waals surface area (Å²) in [5, 5.41) is 2.95. The molecule has 0 amide bonds. The molecule has 146 valence electrons. The van der Waals surface area contributed by atoms with Crippen molar-refractivity contribution >= 4 is 17.6 Å². The minimum absolute atomic E-state index is 0.400. The van der Waals surface area contributed by atoms with Crippen LogP contribution in [0.4, 0.5) is 24.7 Å². The number of aromatic nitrogens is 4. The van der Waals surface area contributed by atoms with Crippen LogP contribution < -0.4 is 5.32 Å². The van der Waals surface area contributed by atoms with Gasteiger partial charge in [0.05, 0.1) is 36.5 Å². The number of ether oxygens (including phenoxy) is 1. The van der Waals surface area contributed by atoms with Crippen molar-refractivity contribution in [1.82, 2.24) is 19.5 Å². The number of aryl methyl sites for hydroxylation is 1. The Balaban J connectivity index is 1.79. The molecule has 1 aromatic carbocycles. The molecule has 0 saturated carbocycles. The summed E-state index contributed by atoms with van der Waals surface area (Å²) in [6, 6.07) is 4.71. The Labute approximate surface area is 159 Å². The van der Waals surface area contributed by atoms with E-state index in [2.05, 4.69) is 20.3 Å². The Morgan fingerprint density at radius 3 is 2.57 bits per heavy atom. The van der Waals surface area contributed by atoms with Crippen molar-refractivity contribution in [3.8, 4) is 5.82 Å². The first-order chi connectivity index (χ1) is 13.4. The number of hydrogen-bond acceptors (Lipinski definition) is 5. The van der Waals surface area contributed by atoms with E-state index in [0.29, 0.717) is 35.4 Å². The van der Waals surface area contributed by atoms with Gasteiger partial charge in [-0.1, -0.05) is 0 Å². The van der Waals surface area contributed by atoms with Crippen molar-refractivity contribution in [2.45, 2.75) is 20.0 Å². The van der Waals surface area contributed by atoms with Crippen LogP contribution in [0.1, 0.15) is 24.0 Å². The van der Waals surface area contributed by atoms with Crippen LogP contribution in [0.25, 0.3) is 11.9 Å². The fourth-order valence-electron chi connectivity index (χ4n) is 2.44. The van der Waals surface area contributed by atoms with E-state index >= 15 is 0 Å². The third kappa shape index (κ3) is 4.67. The van der Waals surface area contributed by atoms with Gasteiger partial charge in [0.2, 0.25) is 0 Å². The Morgan fingerprint density at radius 1 is 1.14 bits per heavy atom. The highest BCUT2D eigenvalue weighted by Crippen LogP contribution is 2.30. The summed E-state index contributed by atoms with van der Waals surface area (Å²) in [6.07, 6.45) is 3.79. The number of imidazole rings is 1. The zero-order valence-electron chi connectivity index (χ0n) is 15.2. The van der Waals surface area contributed by atoms with Crippen molar-refractivity contribution in [2.75, 3.05) is 11.9 Å². The van der Waals surface area contributed by atoms with Crippen LogP contribution in [0.3, 0.4) is 0 Å². The maximum absolute atomic E-state index is 12.7. The van der Waals surface area contributed by atoms with Gasteiger partial charge in [-0.15, -0.1) is 0 Å². The van der Waals surface area contributed by atoms with Gasteiger partial charge in [-0.2, -0.15) is 13.2 Å². The zero-order valence-corrected chi connectivity index (χ0v) is 15.2. The first-order valence-electron chi connectivity index (χ1n) is 8.47. The first kappa shape index (κ1) is 19.4. The van der Waals surface area contributed by atoms with Crippen LogP contribution >= 0.6 is 0 Å². The minimum Gasteiger partial charge on any atom is -0.501 e. The van der Waals surface area contributed by atoms with Gasteiger partial charge < -0.3 is 10.1 Å². The number of benzene rings is 1. The molecule has 0 spiro atoms. The Kier molecular flexibility index (Phi) is 5.62. The molecule has 0 aliphatic heterocycles. The Morgan fingerprint density at radius 2 is 1.89 bits per heavy atom. The van der Waals surface area contributed by atoms with Gasteiger partial charge in [0.1, 0.15) is 5.82 Å². The largest absolute Gasteiger partial charge is 0.501 e. The van der Waals surface area contributed by atoms with E-state index in [1.807, 2.05) is 13.8 Å². The van der Waals surface area contributed by atoms with E-state index in [1.165, 1.54) is 18.3 Å². The molecule has 0 aliphatic rings. The number of nitrogens with zero attached hydrogens (tertiary/aromatic N) is 4. The van der Waals surface area contributed by atoms with Crippen LogP contribution in [0.2, 0.25) is 0 Å². The van der Waals surface area contributed by atoms with E-state index in [4.69, 9.17) is 4.74 Å². The van der Waals surface area contributed by atoms with Gasteiger partial charge >= 0.3 is 6.18 Å². The predicted octanol–water partition coefficient (Wildman–Crippen LogP) is 4.74. The number of anilines is 2. The lowest BCUT2D eigenvalue weighted by atomic mass is 10.2. The smallest absolute Gasteiger partial charge is 0.416 e. The molecule has 3 aromatic rings. The second-order valence-corrected chi connectivity index (χ2v) is 5.80. The molecule has 9 heteroatoms. The van der Waals surface area contributed by atoms with Gasteiger partial charge in [-0.25, -0.2) is 9.97 Å². The topological polar surface area (TPSA) is 64.9 Å². The van der Waals surface area contributed by atoms with Crippen molar-refractivity contribution in [2.24, 2.45) is 0 Å². The van der Waals surface area contributed by atoms with Crippen molar-refractivity contribution in [1.29, 1.82) is 0 Å². The molecule has 0 unspecified atom stereocenters. The quantitative estimate of drug-likeness (QED) is 0.617. The van der Waals surface area contributed by atoms with Gasteiger partial charge in [0.15, 0.2) is 11.6 Å². The van der Waals surface area contributed by atoms with Gasteiger partial charge in [0.25, 0.3) is 0 Å². The molecular weight excluding hydrogens is 371 g/mol. The van der Waals surface area contributed by atoms with Crippen LogP contribution in [0.5, 0.6) is 0 Å². The molecule has 0 atom stereocenters. The standard InChI is InChI=1S/C19H18F3N5O/c1-3-28-9-8-16-12-27(13(2)24-16)18-11-23-10-17(26-18)25-15-6-4-14(5-7-15)19(20,21)22/h4-12H,3H2,1-2H3,(H,25,26). The average Bonchev–Trinajstić information content (AvgIpc) is 3.02. The normalized spacial score (nSPS) is 11.8. The lowest BCUT2D eigenvalue weighted by Crippen LogP contribution is -2.05. The molecule has 0 fully saturated rings. The summed E-state index contributed by atoms with van der Waals surface area (Å²) in [5.41, 5.74) is 0.468. The summed E-state index contributed by atoms with van der Waals surface area (Å²) in [4.78, 5) is 13.0. The molecular formula is C19H18F3N5O. The number of hydrogen-bond donors (Lipinski definition) is 1. The average molecular weight is 389 g/mol. The molecule has 0 saturated heterocycles. The molecule has 3 rings (SSSR count). The van der Waals surface area contributed by atoms with Crippen LogP contribution in [0, 0.1) is 6.92 Å². The fraction of sp³-hybridized carbons (Fsp3) is 0.211. The lowest BCUT2D eigenvalue weighted by molar-refractivity contribution is -0.137. The number of rotatable bonds is 6. The number of halogens is 3. The highest BCUT2D eigenvalue weighted by atomic mass is 19.4. The van der Waals surface area contributed by atoms with E-state index in [9.17, 15) is 13.2 Å². The maximum Gasteiger partial charge on any atom is 0.416 e. The molecule has 0 radical (unpaired) electrons. The molecule has 2 heterocycles. The summed E-state index contributed by atoms with van der Waals surface area (Å²) >= 11 is 0. The van der Waals surface area contributed by atoms with Crippen LogP contribution in [-0.2, 0) is 10.9 Å². The third-order valence-electron chi connectivity index (χ3n) is 3.76. The predicted molar refractivity (Wildman–Crippen MR) is 99.3 cm³/mol. The number of nitrogens with one attached hydrogen (secondary N) is 1. The van der Waals surface area contributed by atoms with Crippen LogP contribution in [-0.4, -0.2) is 26.1 Å². The lowest BCUT2D eigenvalue weighted by Gasteiger charge is -2.10. The highest BCUT2D eigenvalue weighted by molar-refractivity contribution is 5.56. The SMILES string of the molecule is CCOC=Cc1cn(-c2cncc(Nc3ccc(C(F)(F)F)cc3)n2)c(C)n1. The van der Waals surface area contributed by atoms with E-state index in [0.717, 1.165) is 12.1 Å². The van der Waals surface area contributed by atoms with Gasteiger partial charge in [0, 0.05) is 11.9 Å². The monoisotopic (exact) mass is 389 g/mol. The summed E-state index contributed by atoms with van der Waals surface area (Å²) in [6.45, 7) is 4.29. The highest BCUT2D eigenvalue weighted by Gasteiger charge is 2.29. The van der Waals surface area contributed by atoms with E-state index < -0.39 is 11.7 Å². The third-order valence-corrected chi connectivity index (χ3v) is 3.76. The van der Waals surface area contributed by atoms with Crippen molar-refractivity contribution in [3.63, 3.8) is 0 Å². The van der Waals surface area contributed by atoms with E-state index in [1.54, 1.807) is 29.3 Å². The molecule has 0 bridgehead atoms. The second-order valence-electron chi connectivity index (χ2n) is 5.80. The fourth-order valence-corrected chi connectivity index (χ4v) is 2.44. The zero-order chi connectivity index (χ0) is 20.1. The van der Waals surface area contributed by atoms with Crippen molar-refractivity contribution < 1.29 is 17.9 Å². The van der Waals surface area contributed by atoms with Gasteiger partial charge in [-0.3, -0.25) is 9.55 Å². The minimum atomic E-state index is -4.37. The first-order valence-corrected chi connectivity index (χ1v) is 8.47. The molecule has 1 N–H and O–H groups in total. The van der Waals surface area contributed by atoms with Gasteiger partial charge in [-0.05, 0) is 44.2 Å². The molecule has 6 nitrogen and oxygen atoms in total. The van der Waals surface area contributed by atoms with E-state index in [-0.39, 0.29) is 0 Å². The molecule has 2 aromatic heterocycles. The summed E-state index contributed by atoms with van der Waals surface area (Å²) in [5.74, 6) is 1.63. The Hall–Kier alpha value is -3.36. The van der Waals surface area contributed by atoms with Crippen LogP contribution in [0.15, 0.2) is 49.1 Å². The molecule has 0 aliphatic carbocycles. The molecule has 28 heavy (non-hydrogen) atoms. The second kappa shape index (κ2) is 8.12. The Bertz CT molecular complexity index is 964. The number of alkyl halides is 3.